The third-order valence-electron chi connectivity index (χ3n) is 5.00. The molecule has 0 aliphatic rings. The minimum atomic E-state index is -0.448. The second-order valence-corrected chi connectivity index (χ2v) is 7.68. The molecule has 0 spiro atoms. The lowest BCUT2D eigenvalue weighted by molar-refractivity contribution is -0.112. The fourth-order valence-corrected chi connectivity index (χ4v) is 3.42. The highest BCUT2D eigenvalue weighted by atomic mass is 35.5. The summed E-state index contributed by atoms with van der Waals surface area (Å²) in [4.78, 5) is 12.8. The Morgan fingerprint density at radius 2 is 1.87 bits per heavy atom. The first kappa shape index (κ1) is 22.1. The quantitative estimate of drug-likeness (QED) is 0.379. The SMILES string of the molecule is COc1ccc(/C=C(\C#N)C(=O)Nc2cc(C)ccc2C)c(Cc2ccccc2Cl)c1. The van der Waals surface area contributed by atoms with Crippen molar-refractivity contribution in [1.29, 1.82) is 5.26 Å². The number of nitrogens with zero attached hydrogens (tertiary/aromatic N) is 1. The molecule has 0 fully saturated rings. The van der Waals surface area contributed by atoms with E-state index in [9.17, 15) is 10.1 Å². The van der Waals surface area contributed by atoms with Gasteiger partial charge in [-0.05, 0) is 78.4 Å². The number of nitrogens with one attached hydrogen (secondary N) is 1. The number of rotatable bonds is 6. The van der Waals surface area contributed by atoms with Gasteiger partial charge in [-0.3, -0.25) is 4.79 Å². The lowest BCUT2D eigenvalue weighted by atomic mass is 9.97. The minimum absolute atomic E-state index is 0.0199. The smallest absolute Gasteiger partial charge is 0.266 e. The minimum Gasteiger partial charge on any atom is -0.497 e. The molecule has 0 atom stereocenters. The standard InChI is InChI=1S/C26H23ClN2O2/c1-17-8-9-18(2)25(12-17)29-26(30)22(16-28)13-19-10-11-23(31-3)15-21(19)14-20-6-4-5-7-24(20)27/h4-13,15H,14H2,1-3H3,(H,29,30)/b22-13+. The van der Waals surface area contributed by atoms with Crippen LogP contribution in [-0.4, -0.2) is 13.0 Å². The maximum absolute atomic E-state index is 12.8. The highest BCUT2D eigenvalue weighted by Gasteiger charge is 2.13. The molecule has 3 aromatic rings. The van der Waals surface area contributed by atoms with Crippen molar-refractivity contribution in [2.24, 2.45) is 0 Å². The van der Waals surface area contributed by atoms with Gasteiger partial charge in [0.15, 0.2) is 0 Å². The molecule has 1 amide bonds. The summed E-state index contributed by atoms with van der Waals surface area (Å²) in [6.07, 6.45) is 2.14. The number of benzene rings is 3. The van der Waals surface area contributed by atoms with Gasteiger partial charge in [-0.2, -0.15) is 5.26 Å². The summed E-state index contributed by atoms with van der Waals surface area (Å²) in [5, 5.41) is 13.2. The molecule has 1 N–H and O–H groups in total. The van der Waals surface area contributed by atoms with E-state index in [-0.39, 0.29) is 5.57 Å². The molecule has 0 saturated heterocycles. The maximum Gasteiger partial charge on any atom is 0.266 e. The topological polar surface area (TPSA) is 62.1 Å². The first-order valence-electron chi connectivity index (χ1n) is 9.82. The average Bonchev–Trinajstić information content (AvgIpc) is 2.76. The van der Waals surface area contributed by atoms with Crippen LogP contribution in [-0.2, 0) is 11.2 Å². The van der Waals surface area contributed by atoms with Gasteiger partial charge in [0.25, 0.3) is 5.91 Å². The van der Waals surface area contributed by atoms with Crippen LogP contribution in [0, 0.1) is 25.2 Å². The van der Waals surface area contributed by atoms with Crippen molar-refractivity contribution >= 4 is 29.3 Å². The zero-order valence-electron chi connectivity index (χ0n) is 17.7. The van der Waals surface area contributed by atoms with Crippen molar-refractivity contribution in [3.8, 4) is 11.8 Å². The van der Waals surface area contributed by atoms with Crippen LogP contribution in [0.15, 0.2) is 66.2 Å². The van der Waals surface area contributed by atoms with Crippen molar-refractivity contribution in [1.82, 2.24) is 0 Å². The zero-order chi connectivity index (χ0) is 22.4. The first-order valence-corrected chi connectivity index (χ1v) is 10.2. The Morgan fingerprint density at radius 3 is 2.58 bits per heavy atom. The van der Waals surface area contributed by atoms with E-state index in [1.165, 1.54) is 0 Å². The van der Waals surface area contributed by atoms with Crippen LogP contribution in [0.3, 0.4) is 0 Å². The van der Waals surface area contributed by atoms with Crippen molar-refractivity contribution in [2.75, 3.05) is 12.4 Å². The van der Waals surface area contributed by atoms with Crippen molar-refractivity contribution in [3.63, 3.8) is 0 Å². The highest BCUT2D eigenvalue weighted by Crippen LogP contribution is 2.26. The molecule has 156 valence electrons. The van der Waals surface area contributed by atoms with Crippen LogP contribution in [0.2, 0.25) is 5.02 Å². The molecule has 4 nitrogen and oxygen atoms in total. The molecule has 0 aliphatic carbocycles. The van der Waals surface area contributed by atoms with E-state index in [0.29, 0.717) is 22.9 Å². The Bertz CT molecular complexity index is 1190. The van der Waals surface area contributed by atoms with Gasteiger partial charge in [-0.25, -0.2) is 0 Å². The number of carbonyl (C=O) groups excluding carboxylic acids is 1. The largest absolute Gasteiger partial charge is 0.497 e. The van der Waals surface area contributed by atoms with Crippen LogP contribution in [0.4, 0.5) is 5.69 Å². The second kappa shape index (κ2) is 9.97. The van der Waals surface area contributed by atoms with Gasteiger partial charge in [-0.1, -0.05) is 48.0 Å². The van der Waals surface area contributed by atoms with Gasteiger partial charge in [0.1, 0.15) is 17.4 Å². The van der Waals surface area contributed by atoms with Crippen LogP contribution in [0.25, 0.3) is 6.08 Å². The Morgan fingerprint density at radius 1 is 1.10 bits per heavy atom. The monoisotopic (exact) mass is 430 g/mol. The molecule has 0 aliphatic heterocycles. The summed E-state index contributed by atoms with van der Waals surface area (Å²) < 4.78 is 5.36. The van der Waals surface area contributed by atoms with Gasteiger partial charge in [0.2, 0.25) is 0 Å². The summed E-state index contributed by atoms with van der Waals surface area (Å²) in [7, 11) is 1.60. The number of methoxy groups -OCH3 is 1. The number of amides is 1. The van der Waals surface area contributed by atoms with Gasteiger partial charge >= 0.3 is 0 Å². The second-order valence-electron chi connectivity index (χ2n) is 7.28. The zero-order valence-corrected chi connectivity index (χ0v) is 18.5. The van der Waals surface area contributed by atoms with E-state index in [4.69, 9.17) is 16.3 Å². The predicted molar refractivity (Wildman–Crippen MR) is 125 cm³/mol. The molecule has 0 unspecified atom stereocenters. The number of nitriles is 1. The number of carbonyl (C=O) groups is 1. The number of hydrogen-bond donors (Lipinski definition) is 1. The van der Waals surface area contributed by atoms with Gasteiger partial charge in [-0.15, -0.1) is 0 Å². The van der Waals surface area contributed by atoms with Crippen molar-refractivity contribution in [2.45, 2.75) is 20.3 Å². The Balaban J connectivity index is 1.96. The van der Waals surface area contributed by atoms with Crippen LogP contribution >= 0.6 is 11.6 Å². The third-order valence-corrected chi connectivity index (χ3v) is 5.36. The van der Waals surface area contributed by atoms with E-state index in [1.807, 2.05) is 74.5 Å². The summed E-state index contributed by atoms with van der Waals surface area (Å²) in [5.41, 5.74) is 5.28. The fraction of sp³-hybridized carbons (Fsp3) is 0.154. The van der Waals surface area contributed by atoms with Gasteiger partial charge in [0.05, 0.1) is 7.11 Å². The number of halogens is 1. The molecule has 0 saturated carbocycles. The third kappa shape index (κ3) is 5.53. The predicted octanol–water partition coefficient (Wildman–Crippen LogP) is 6.10. The summed E-state index contributed by atoms with van der Waals surface area (Å²) >= 11 is 6.34. The van der Waals surface area contributed by atoms with Crippen LogP contribution in [0.5, 0.6) is 5.75 Å². The summed E-state index contributed by atoms with van der Waals surface area (Å²) in [5.74, 6) is 0.244. The van der Waals surface area contributed by atoms with Crippen molar-refractivity contribution < 1.29 is 9.53 Å². The molecule has 0 heterocycles. The number of aryl methyl sites for hydroxylation is 2. The number of ether oxygens (including phenoxy) is 1. The van der Waals surface area contributed by atoms with Gasteiger partial charge in [0, 0.05) is 10.7 Å². The fourth-order valence-electron chi connectivity index (χ4n) is 3.21. The van der Waals surface area contributed by atoms with E-state index in [0.717, 1.165) is 27.8 Å². The summed E-state index contributed by atoms with van der Waals surface area (Å²) in [6.45, 7) is 3.87. The van der Waals surface area contributed by atoms with E-state index >= 15 is 0 Å². The molecule has 3 rings (SSSR count). The molecule has 31 heavy (non-hydrogen) atoms. The molecule has 3 aromatic carbocycles. The maximum atomic E-state index is 12.8. The van der Waals surface area contributed by atoms with Crippen molar-refractivity contribution in [3.05, 3.63) is 99.1 Å². The lowest BCUT2D eigenvalue weighted by Gasteiger charge is -2.12. The first-order chi connectivity index (χ1) is 14.9. The average molecular weight is 431 g/mol. The van der Waals surface area contributed by atoms with Crippen LogP contribution in [0.1, 0.15) is 27.8 Å². The molecule has 0 aromatic heterocycles. The van der Waals surface area contributed by atoms with Gasteiger partial charge < -0.3 is 10.1 Å². The Kier molecular flexibility index (Phi) is 7.12. The molecule has 5 heteroatoms. The molecule has 0 bridgehead atoms. The van der Waals surface area contributed by atoms with E-state index in [1.54, 1.807) is 19.3 Å². The molecule has 0 radical (unpaired) electrons. The van der Waals surface area contributed by atoms with E-state index < -0.39 is 5.91 Å². The molecular weight excluding hydrogens is 408 g/mol. The highest BCUT2D eigenvalue weighted by molar-refractivity contribution is 6.31. The Labute approximate surface area is 187 Å². The van der Waals surface area contributed by atoms with Crippen LogP contribution < -0.4 is 10.1 Å². The number of anilines is 1. The summed E-state index contributed by atoms with van der Waals surface area (Å²) in [6, 6.07) is 21.0. The lowest BCUT2D eigenvalue weighted by Crippen LogP contribution is -2.14. The number of hydrogen-bond acceptors (Lipinski definition) is 3. The molecular formula is C26H23ClN2O2. The normalized spacial score (nSPS) is 11.0. The Hall–Kier alpha value is -3.55. The van der Waals surface area contributed by atoms with E-state index in [2.05, 4.69) is 5.32 Å².